The average Bonchev–Trinajstić information content (AvgIpc) is 2.47. The van der Waals surface area contributed by atoms with Gasteiger partial charge in [0.15, 0.2) is 0 Å². The summed E-state index contributed by atoms with van der Waals surface area (Å²) < 4.78 is 37.9. The zero-order chi connectivity index (χ0) is 15.3. The third-order valence-electron chi connectivity index (χ3n) is 3.75. The van der Waals surface area contributed by atoms with Crippen molar-refractivity contribution in [2.75, 3.05) is 13.1 Å². The van der Waals surface area contributed by atoms with E-state index in [2.05, 4.69) is 17.5 Å². The number of halogens is 3. The summed E-state index contributed by atoms with van der Waals surface area (Å²) in [5.41, 5.74) is -0.433. The number of benzene rings is 1. The van der Waals surface area contributed by atoms with Gasteiger partial charge in [0.05, 0.1) is 11.7 Å². The van der Waals surface area contributed by atoms with E-state index in [0.29, 0.717) is 11.5 Å². The smallest absolute Gasteiger partial charge is 0.387 e. The van der Waals surface area contributed by atoms with E-state index in [4.69, 9.17) is 0 Å². The minimum atomic E-state index is -4.38. The number of aliphatic hydroxyl groups is 1. The molecule has 2 N–H and O–H groups in total. The second-order valence-electron chi connectivity index (χ2n) is 5.45. The first-order valence-electron chi connectivity index (χ1n) is 7.18. The summed E-state index contributed by atoms with van der Waals surface area (Å²) >= 11 is 0. The molecule has 2 nitrogen and oxygen atoms in total. The fourth-order valence-corrected chi connectivity index (χ4v) is 2.51. The van der Waals surface area contributed by atoms with Crippen molar-refractivity contribution in [3.63, 3.8) is 0 Å². The maximum atomic E-state index is 12.6. The summed E-state index contributed by atoms with van der Waals surface area (Å²) in [4.78, 5) is 0. The minimum Gasteiger partial charge on any atom is -0.387 e. The van der Waals surface area contributed by atoms with Gasteiger partial charge in [-0.05, 0) is 49.4 Å². The second-order valence-corrected chi connectivity index (χ2v) is 5.45. The Morgan fingerprint density at radius 3 is 2.76 bits per heavy atom. The van der Waals surface area contributed by atoms with E-state index in [0.717, 1.165) is 37.9 Å². The van der Waals surface area contributed by atoms with Crippen LogP contribution in [0.3, 0.4) is 0 Å². The average molecular weight is 299 g/mol. The van der Waals surface area contributed by atoms with E-state index in [1.807, 2.05) is 0 Å². The predicted molar refractivity (Wildman–Crippen MR) is 75.8 cm³/mol. The molecule has 5 heteroatoms. The summed E-state index contributed by atoms with van der Waals surface area (Å²) in [6.07, 6.45) is 2.22. The van der Waals surface area contributed by atoms with Gasteiger partial charge in [-0.25, -0.2) is 0 Å². The first-order chi connectivity index (χ1) is 9.97. The molecular formula is C16H20F3NO. The Balaban J connectivity index is 1.85. The van der Waals surface area contributed by atoms with E-state index in [1.165, 1.54) is 12.1 Å². The van der Waals surface area contributed by atoms with E-state index in [9.17, 15) is 18.3 Å². The fourth-order valence-electron chi connectivity index (χ4n) is 2.51. The molecular weight excluding hydrogens is 279 g/mol. The number of allylic oxidation sites excluding steroid dienone is 2. The fraction of sp³-hybridized carbons (Fsp3) is 0.500. The van der Waals surface area contributed by atoms with Gasteiger partial charge in [-0.1, -0.05) is 24.3 Å². The van der Waals surface area contributed by atoms with Crippen molar-refractivity contribution < 1.29 is 18.3 Å². The van der Waals surface area contributed by atoms with Crippen molar-refractivity contribution in [2.45, 2.75) is 31.5 Å². The zero-order valence-corrected chi connectivity index (χ0v) is 11.7. The van der Waals surface area contributed by atoms with Crippen molar-refractivity contribution in [3.05, 3.63) is 47.5 Å². The Kier molecular flexibility index (Phi) is 5.42. The van der Waals surface area contributed by atoms with Gasteiger partial charge in [-0.2, -0.15) is 13.2 Å². The molecule has 2 atom stereocenters. The van der Waals surface area contributed by atoms with Crippen molar-refractivity contribution in [3.8, 4) is 0 Å². The van der Waals surface area contributed by atoms with Gasteiger partial charge in [0.2, 0.25) is 0 Å². The number of nitrogens with one attached hydrogen (secondary N) is 1. The summed E-state index contributed by atoms with van der Waals surface area (Å²) in [7, 11) is 0. The molecule has 1 aliphatic carbocycles. The van der Waals surface area contributed by atoms with Crippen molar-refractivity contribution in [1.82, 2.24) is 5.32 Å². The topological polar surface area (TPSA) is 32.3 Å². The molecule has 0 saturated heterocycles. The molecule has 0 aliphatic heterocycles. The summed E-state index contributed by atoms with van der Waals surface area (Å²) in [6, 6.07) is 4.87. The van der Waals surface area contributed by atoms with Crippen LogP contribution in [0.25, 0.3) is 0 Å². The number of alkyl halides is 3. The van der Waals surface area contributed by atoms with Crippen LogP contribution < -0.4 is 5.32 Å². The number of rotatable bonds is 5. The lowest BCUT2D eigenvalue weighted by Crippen LogP contribution is -2.28. The molecule has 1 aromatic rings. The maximum absolute atomic E-state index is 12.6. The van der Waals surface area contributed by atoms with Gasteiger partial charge >= 0.3 is 6.18 Å². The highest BCUT2D eigenvalue weighted by Crippen LogP contribution is 2.30. The molecule has 0 radical (unpaired) electrons. The lowest BCUT2D eigenvalue weighted by molar-refractivity contribution is -0.137. The highest BCUT2D eigenvalue weighted by molar-refractivity contribution is 5.27. The van der Waals surface area contributed by atoms with Gasteiger partial charge in [-0.15, -0.1) is 0 Å². The van der Waals surface area contributed by atoms with Gasteiger partial charge in [0.1, 0.15) is 0 Å². The van der Waals surface area contributed by atoms with Gasteiger partial charge in [-0.3, -0.25) is 0 Å². The molecule has 0 spiro atoms. The molecule has 0 fully saturated rings. The Morgan fingerprint density at radius 2 is 2.10 bits per heavy atom. The number of aliphatic hydroxyl groups excluding tert-OH is 1. The van der Waals surface area contributed by atoms with E-state index < -0.39 is 17.8 Å². The molecule has 0 bridgehead atoms. The predicted octanol–water partition coefficient (Wildman–Crippen LogP) is 3.68. The molecule has 0 aromatic heterocycles. The molecule has 1 aromatic carbocycles. The summed E-state index contributed by atoms with van der Waals surface area (Å²) in [6.45, 7) is 1.04. The molecule has 2 rings (SSSR count). The number of hydrogen-bond donors (Lipinski definition) is 2. The van der Waals surface area contributed by atoms with E-state index in [-0.39, 0.29) is 6.54 Å². The highest BCUT2D eigenvalue weighted by Gasteiger charge is 2.30. The second kappa shape index (κ2) is 7.09. The Labute approximate surface area is 122 Å². The van der Waals surface area contributed by atoms with Gasteiger partial charge in [0, 0.05) is 6.54 Å². The third-order valence-corrected chi connectivity index (χ3v) is 3.75. The Bertz CT molecular complexity index is 485. The SMILES string of the molecule is OC(CNCC1CC=CCC1)c1cccc(C(F)(F)F)c1. The molecule has 21 heavy (non-hydrogen) atoms. The van der Waals surface area contributed by atoms with E-state index in [1.54, 1.807) is 0 Å². The van der Waals surface area contributed by atoms with Crippen molar-refractivity contribution >= 4 is 0 Å². The van der Waals surface area contributed by atoms with Crippen LogP contribution in [0.1, 0.15) is 36.5 Å². The van der Waals surface area contributed by atoms with Crippen LogP contribution in [0.15, 0.2) is 36.4 Å². The summed E-state index contributed by atoms with van der Waals surface area (Å²) in [5.74, 6) is 0.545. The van der Waals surface area contributed by atoms with Crippen LogP contribution in [0, 0.1) is 5.92 Å². The van der Waals surface area contributed by atoms with Crippen molar-refractivity contribution in [2.24, 2.45) is 5.92 Å². The minimum absolute atomic E-state index is 0.265. The molecule has 0 amide bonds. The maximum Gasteiger partial charge on any atom is 0.416 e. The molecule has 0 heterocycles. The third kappa shape index (κ3) is 4.86. The lowest BCUT2D eigenvalue weighted by atomic mass is 9.94. The summed E-state index contributed by atoms with van der Waals surface area (Å²) in [5, 5.41) is 13.1. The Morgan fingerprint density at radius 1 is 1.29 bits per heavy atom. The largest absolute Gasteiger partial charge is 0.416 e. The standard InChI is InChI=1S/C16H20F3NO/c17-16(18,19)14-8-4-7-13(9-14)15(21)11-20-10-12-5-2-1-3-6-12/h1-2,4,7-9,12,15,20-21H,3,5-6,10-11H2. The molecule has 2 unspecified atom stereocenters. The molecule has 0 saturated carbocycles. The van der Waals surface area contributed by atoms with Crippen LogP contribution in [-0.4, -0.2) is 18.2 Å². The van der Waals surface area contributed by atoms with E-state index >= 15 is 0 Å². The van der Waals surface area contributed by atoms with Crippen molar-refractivity contribution in [1.29, 1.82) is 0 Å². The monoisotopic (exact) mass is 299 g/mol. The lowest BCUT2D eigenvalue weighted by Gasteiger charge is -2.20. The molecule has 116 valence electrons. The van der Waals surface area contributed by atoms with Crippen LogP contribution in [-0.2, 0) is 6.18 Å². The Hall–Kier alpha value is -1.33. The van der Waals surface area contributed by atoms with Crippen LogP contribution >= 0.6 is 0 Å². The normalized spacial score (nSPS) is 20.5. The quantitative estimate of drug-likeness (QED) is 0.813. The number of hydrogen-bond acceptors (Lipinski definition) is 2. The zero-order valence-electron chi connectivity index (χ0n) is 11.7. The van der Waals surface area contributed by atoms with Crippen LogP contribution in [0.5, 0.6) is 0 Å². The van der Waals surface area contributed by atoms with Crippen LogP contribution in [0.2, 0.25) is 0 Å². The van der Waals surface area contributed by atoms with Gasteiger partial charge < -0.3 is 10.4 Å². The first kappa shape index (κ1) is 16.0. The van der Waals surface area contributed by atoms with Crippen LogP contribution in [0.4, 0.5) is 13.2 Å². The molecule has 1 aliphatic rings. The highest BCUT2D eigenvalue weighted by atomic mass is 19.4. The van der Waals surface area contributed by atoms with Gasteiger partial charge in [0.25, 0.3) is 0 Å². The first-order valence-corrected chi connectivity index (χ1v) is 7.18.